The SMILES string of the molecule is CONC(=O)c1cc(Nc2ncnn3cc(NC(=O)O)c(C(C)C)c23)c(F)cc1F. The predicted molar refractivity (Wildman–Crippen MR) is 103 cm³/mol. The van der Waals surface area contributed by atoms with Gasteiger partial charge in [0.2, 0.25) is 0 Å². The molecule has 0 aliphatic rings. The van der Waals surface area contributed by atoms with E-state index in [1.165, 1.54) is 24.1 Å². The smallest absolute Gasteiger partial charge is 0.409 e. The zero-order chi connectivity index (χ0) is 22.0. The Labute approximate surface area is 168 Å². The number of amides is 2. The number of carboxylic acid groups (broad SMARTS) is 1. The molecule has 2 aromatic heterocycles. The van der Waals surface area contributed by atoms with Crippen molar-refractivity contribution in [3.05, 3.63) is 47.4 Å². The van der Waals surface area contributed by atoms with Crippen LogP contribution < -0.4 is 16.1 Å². The second-order valence-corrected chi connectivity index (χ2v) is 6.52. The quantitative estimate of drug-likeness (QED) is 0.450. The number of benzene rings is 1. The van der Waals surface area contributed by atoms with Crippen LogP contribution in [0.5, 0.6) is 0 Å². The van der Waals surface area contributed by atoms with Crippen LogP contribution in [0, 0.1) is 11.6 Å². The molecule has 0 saturated heterocycles. The second-order valence-electron chi connectivity index (χ2n) is 6.52. The molecule has 0 spiro atoms. The minimum absolute atomic E-state index is 0.135. The van der Waals surface area contributed by atoms with E-state index in [2.05, 4.69) is 25.6 Å². The minimum atomic E-state index is -1.26. The molecular formula is C18H18F2N6O4. The van der Waals surface area contributed by atoms with Crippen LogP contribution in [0.25, 0.3) is 5.52 Å². The predicted octanol–water partition coefficient (Wildman–Crippen LogP) is 3.26. The summed E-state index contributed by atoms with van der Waals surface area (Å²) in [6, 6.07) is 1.54. The third-order valence-electron chi connectivity index (χ3n) is 4.18. The number of fused-ring (bicyclic) bond motifs is 1. The Hall–Kier alpha value is -3.80. The lowest BCUT2D eigenvalue weighted by Crippen LogP contribution is -2.23. The number of rotatable bonds is 6. The van der Waals surface area contributed by atoms with E-state index in [4.69, 9.17) is 5.11 Å². The van der Waals surface area contributed by atoms with Gasteiger partial charge in [-0.1, -0.05) is 13.8 Å². The molecule has 1 aromatic carbocycles. The normalized spacial score (nSPS) is 11.0. The van der Waals surface area contributed by atoms with Crippen LogP contribution in [-0.4, -0.2) is 38.8 Å². The van der Waals surface area contributed by atoms with E-state index in [0.29, 0.717) is 22.8 Å². The standard InChI is InChI=1S/C18H18F2N6O4/c1-8(2)14-13(24-18(28)29)6-26-15(14)16(21-7-22-26)23-12-4-9(17(27)25-30-3)10(19)5-11(12)20/h4-8,24H,1-3H3,(H,25,27)(H,28,29)(H,21,22,23). The van der Waals surface area contributed by atoms with Crippen LogP contribution in [-0.2, 0) is 4.84 Å². The van der Waals surface area contributed by atoms with Gasteiger partial charge < -0.3 is 10.4 Å². The first-order chi connectivity index (χ1) is 14.2. The molecular weight excluding hydrogens is 402 g/mol. The highest BCUT2D eigenvalue weighted by Crippen LogP contribution is 2.35. The van der Waals surface area contributed by atoms with E-state index in [9.17, 15) is 18.4 Å². The second kappa shape index (κ2) is 8.29. The third kappa shape index (κ3) is 3.98. The number of hydrogen-bond donors (Lipinski definition) is 4. The average molecular weight is 420 g/mol. The van der Waals surface area contributed by atoms with Crippen LogP contribution in [0.15, 0.2) is 24.7 Å². The maximum atomic E-state index is 14.4. The minimum Gasteiger partial charge on any atom is -0.465 e. The first-order valence-corrected chi connectivity index (χ1v) is 8.68. The average Bonchev–Trinajstić information content (AvgIpc) is 3.02. The summed E-state index contributed by atoms with van der Waals surface area (Å²) in [5, 5.41) is 18.2. The summed E-state index contributed by atoms with van der Waals surface area (Å²) in [6.45, 7) is 3.68. The topological polar surface area (TPSA) is 130 Å². The number of halogens is 2. The number of aromatic nitrogens is 3. The molecule has 0 aliphatic heterocycles. The fourth-order valence-corrected chi connectivity index (χ4v) is 3.02. The van der Waals surface area contributed by atoms with Gasteiger partial charge in [-0.3, -0.25) is 14.9 Å². The van der Waals surface area contributed by atoms with Crippen molar-refractivity contribution in [2.24, 2.45) is 0 Å². The van der Waals surface area contributed by atoms with Gasteiger partial charge in [0.1, 0.15) is 23.5 Å². The van der Waals surface area contributed by atoms with Gasteiger partial charge in [0.15, 0.2) is 5.82 Å². The molecule has 0 atom stereocenters. The van der Waals surface area contributed by atoms with Crippen molar-refractivity contribution >= 4 is 34.7 Å². The van der Waals surface area contributed by atoms with E-state index < -0.39 is 29.2 Å². The molecule has 0 saturated carbocycles. The molecule has 2 heterocycles. The lowest BCUT2D eigenvalue weighted by atomic mass is 10.0. The largest absolute Gasteiger partial charge is 0.465 e. The number of carbonyl (C=O) groups is 2. The van der Waals surface area contributed by atoms with Gasteiger partial charge in [-0.25, -0.2) is 28.6 Å². The molecule has 0 radical (unpaired) electrons. The molecule has 10 nitrogen and oxygen atoms in total. The van der Waals surface area contributed by atoms with Crippen molar-refractivity contribution < 1.29 is 28.3 Å². The molecule has 0 fully saturated rings. The maximum Gasteiger partial charge on any atom is 0.409 e. The number of nitrogens with zero attached hydrogens (tertiary/aromatic N) is 3. The van der Waals surface area contributed by atoms with Gasteiger partial charge in [0.25, 0.3) is 5.91 Å². The summed E-state index contributed by atoms with van der Waals surface area (Å²) in [4.78, 5) is 31.6. The summed E-state index contributed by atoms with van der Waals surface area (Å²) in [5.74, 6) is -2.94. The van der Waals surface area contributed by atoms with Gasteiger partial charge in [-0.2, -0.15) is 5.10 Å². The number of hydrogen-bond acceptors (Lipinski definition) is 6. The van der Waals surface area contributed by atoms with Crippen molar-refractivity contribution in [1.82, 2.24) is 20.1 Å². The summed E-state index contributed by atoms with van der Waals surface area (Å²) in [6.07, 6.45) is 1.39. The Morgan fingerprint density at radius 2 is 1.93 bits per heavy atom. The Balaban J connectivity index is 2.12. The van der Waals surface area contributed by atoms with E-state index in [1.54, 1.807) is 0 Å². The monoisotopic (exact) mass is 420 g/mol. The summed E-state index contributed by atoms with van der Waals surface area (Å²) >= 11 is 0. The highest BCUT2D eigenvalue weighted by atomic mass is 19.1. The van der Waals surface area contributed by atoms with Crippen LogP contribution in [0.3, 0.4) is 0 Å². The van der Waals surface area contributed by atoms with Crippen LogP contribution in [0.1, 0.15) is 35.7 Å². The van der Waals surface area contributed by atoms with Crippen LogP contribution in [0.2, 0.25) is 0 Å². The summed E-state index contributed by atoms with van der Waals surface area (Å²) in [5.41, 5.74) is 2.55. The van der Waals surface area contributed by atoms with Crippen LogP contribution >= 0.6 is 0 Å². The molecule has 0 unspecified atom stereocenters. The molecule has 0 bridgehead atoms. The lowest BCUT2D eigenvalue weighted by molar-refractivity contribution is 0.0533. The maximum absolute atomic E-state index is 14.4. The van der Waals surface area contributed by atoms with Crippen molar-refractivity contribution in [1.29, 1.82) is 0 Å². The Bertz CT molecular complexity index is 1130. The number of anilines is 3. The Kier molecular flexibility index (Phi) is 5.78. The number of carbonyl (C=O) groups excluding carboxylic acids is 1. The first kappa shape index (κ1) is 20.9. The first-order valence-electron chi connectivity index (χ1n) is 8.68. The fraction of sp³-hybridized carbons (Fsp3) is 0.222. The van der Waals surface area contributed by atoms with E-state index in [-0.39, 0.29) is 17.4 Å². The number of nitrogens with one attached hydrogen (secondary N) is 3. The molecule has 158 valence electrons. The van der Waals surface area contributed by atoms with Gasteiger partial charge >= 0.3 is 6.09 Å². The zero-order valence-corrected chi connectivity index (χ0v) is 16.2. The van der Waals surface area contributed by atoms with Gasteiger partial charge in [-0.15, -0.1) is 0 Å². The van der Waals surface area contributed by atoms with Crippen molar-refractivity contribution in [3.8, 4) is 0 Å². The van der Waals surface area contributed by atoms with E-state index in [1.807, 2.05) is 19.3 Å². The molecule has 0 aliphatic carbocycles. The highest BCUT2D eigenvalue weighted by Gasteiger charge is 2.22. The van der Waals surface area contributed by atoms with E-state index in [0.717, 1.165) is 6.07 Å². The zero-order valence-electron chi connectivity index (χ0n) is 16.2. The number of hydroxylamine groups is 1. The van der Waals surface area contributed by atoms with Gasteiger partial charge in [-0.05, 0) is 12.0 Å². The molecule has 2 amide bonds. The summed E-state index contributed by atoms with van der Waals surface area (Å²) < 4.78 is 29.8. The van der Waals surface area contributed by atoms with Crippen molar-refractivity contribution in [3.63, 3.8) is 0 Å². The Morgan fingerprint density at radius 3 is 2.57 bits per heavy atom. The van der Waals surface area contributed by atoms with Crippen LogP contribution in [0.4, 0.5) is 30.8 Å². The molecule has 3 rings (SSSR count). The molecule has 30 heavy (non-hydrogen) atoms. The molecule has 12 heteroatoms. The van der Waals surface area contributed by atoms with Crippen molar-refractivity contribution in [2.75, 3.05) is 17.7 Å². The molecule has 3 aromatic rings. The van der Waals surface area contributed by atoms with Gasteiger partial charge in [0.05, 0.1) is 30.2 Å². The lowest BCUT2D eigenvalue weighted by Gasteiger charge is -2.13. The fourth-order valence-electron chi connectivity index (χ4n) is 3.02. The highest BCUT2D eigenvalue weighted by molar-refractivity contribution is 5.95. The Morgan fingerprint density at radius 1 is 1.20 bits per heavy atom. The van der Waals surface area contributed by atoms with E-state index >= 15 is 0 Å². The third-order valence-corrected chi connectivity index (χ3v) is 4.18. The van der Waals surface area contributed by atoms with Crippen molar-refractivity contribution in [2.45, 2.75) is 19.8 Å². The summed E-state index contributed by atoms with van der Waals surface area (Å²) in [7, 11) is 1.18. The molecule has 4 N–H and O–H groups in total. The van der Waals surface area contributed by atoms with Gasteiger partial charge in [0, 0.05) is 11.6 Å².